The molecule has 1 unspecified atom stereocenters. The predicted molar refractivity (Wildman–Crippen MR) is 92.0 cm³/mol. The summed E-state index contributed by atoms with van der Waals surface area (Å²) in [6.07, 6.45) is 1.95. The first kappa shape index (κ1) is 14.6. The van der Waals surface area contributed by atoms with Gasteiger partial charge in [-0.25, -0.2) is 4.98 Å². The molecule has 0 fully saturated rings. The van der Waals surface area contributed by atoms with Crippen LogP contribution in [-0.4, -0.2) is 9.97 Å². The number of rotatable bonds is 5. The molecule has 3 aromatic rings. The lowest BCUT2D eigenvalue weighted by molar-refractivity contribution is 0.712. The first-order valence-electron chi connectivity index (χ1n) is 7.96. The third-order valence-corrected chi connectivity index (χ3v) is 4.15. The van der Waals surface area contributed by atoms with Crippen molar-refractivity contribution in [2.45, 2.75) is 32.6 Å². The first-order valence-corrected chi connectivity index (χ1v) is 7.96. The number of hydrogen-bond acceptors (Lipinski definition) is 1. The Labute approximate surface area is 132 Å². The Morgan fingerprint density at radius 1 is 0.955 bits per heavy atom. The van der Waals surface area contributed by atoms with Crippen LogP contribution >= 0.6 is 0 Å². The smallest absolute Gasteiger partial charge is 0.111 e. The molecule has 0 aliphatic rings. The molecule has 0 bridgehead atoms. The zero-order valence-electron chi connectivity index (χ0n) is 13.2. The Morgan fingerprint density at radius 3 is 2.23 bits per heavy atom. The summed E-state index contributed by atoms with van der Waals surface area (Å²) in [5.41, 5.74) is 4.82. The van der Waals surface area contributed by atoms with Gasteiger partial charge in [-0.3, -0.25) is 0 Å². The molecule has 0 amide bonds. The maximum Gasteiger partial charge on any atom is 0.111 e. The van der Waals surface area contributed by atoms with E-state index in [0.29, 0.717) is 5.92 Å². The molecular weight excluding hydrogens is 268 g/mol. The van der Waals surface area contributed by atoms with Gasteiger partial charge in [0.05, 0.1) is 5.69 Å². The van der Waals surface area contributed by atoms with Crippen molar-refractivity contribution in [2.24, 2.45) is 0 Å². The lowest BCUT2D eigenvalue weighted by atomic mass is 10.00. The van der Waals surface area contributed by atoms with Crippen molar-refractivity contribution in [1.82, 2.24) is 9.97 Å². The molecule has 1 atom stereocenters. The summed E-state index contributed by atoms with van der Waals surface area (Å²) in [5.74, 6) is 1.52. The van der Waals surface area contributed by atoms with Crippen LogP contribution in [0.2, 0.25) is 0 Å². The van der Waals surface area contributed by atoms with E-state index in [1.165, 1.54) is 16.8 Å². The van der Waals surface area contributed by atoms with Gasteiger partial charge in [0, 0.05) is 17.7 Å². The summed E-state index contributed by atoms with van der Waals surface area (Å²) in [6.45, 7) is 4.48. The standard InChI is InChI=1S/C20H22N2/c1-3-15(2)19-20(17-12-8-5-9-13-17)22-18(21-19)14-16-10-6-4-7-11-16/h4-13,15H,3,14H2,1-2H3,(H,21,22). The minimum atomic E-state index is 0.479. The average molecular weight is 290 g/mol. The van der Waals surface area contributed by atoms with Crippen molar-refractivity contribution >= 4 is 0 Å². The van der Waals surface area contributed by atoms with E-state index in [-0.39, 0.29) is 0 Å². The third-order valence-electron chi connectivity index (χ3n) is 4.15. The van der Waals surface area contributed by atoms with E-state index in [1.54, 1.807) is 0 Å². The number of benzene rings is 2. The molecule has 0 saturated heterocycles. The summed E-state index contributed by atoms with van der Waals surface area (Å²) in [6, 6.07) is 20.9. The number of nitrogens with one attached hydrogen (secondary N) is 1. The number of aromatic nitrogens is 2. The van der Waals surface area contributed by atoms with E-state index >= 15 is 0 Å². The molecule has 2 aromatic carbocycles. The van der Waals surface area contributed by atoms with Gasteiger partial charge in [-0.1, -0.05) is 74.5 Å². The molecule has 0 aliphatic carbocycles. The van der Waals surface area contributed by atoms with Gasteiger partial charge in [0.1, 0.15) is 5.82 Å². The lowest BCUT2D eigenvalue weighted by Crippen LogP contribution is -1.95. The van der Waals surface area contributed by atoms with Crippen LogP contribution in [0.3, 0.4) is 0 Å². The Kier molecular flexibility index (Phi) is 4.38. The number of aromatic amines is 1. The Hall–Kier alpha value is -2.35. The monoisotopic (exact) mass is 290 g/mol. The molecule has 3 rings (SSSR count). The first-order chi connectivity index (χ1) is 10.8. The minimum absolute atomic E-state index is 0.479. The third kappa shape index (κ3) is 3.11. The molecule has 2 nitrogen and oxygen atoms in total. The van der Waals surface area contributed by atoms with Crippen molar-refractivity contribution in [2.75, 3.05) is 0 Å². The van der Waals surface area contributed by atoms with Crippen LogP contribution in [0.4, 0.5) is 0 Å². The van der Waals surface area contributed by atoms with E-state index < -0.39 is 0 Å². The number of hydrogen-bond donors (Lipinski definition) is 1. The lowest BCUT2D eigenvalue weighted by Gasteiger charge is -2.08. The van der Waals surface area contributed by atoms with Crippen LogP contribution in [0, 0.1) is 0 Å². The van der Waals surface area contributed by atoms with E-state index in [2.05, 4.69) is 67.4 Å². The molecule has 0 saturated carbocycles. The highest BCUT2D eigenvalue weighted by atomic mass is 14.9. The fourth-order valence-electron chi connectivity index (χ4n) is 2.69. The molecule has 2 heteroatoms. The van der Waals surface area contributed by atoms with Gasteiger partial charge in [0.15, 0.2) is 0 Å². The Bertz CT molecular complexity index is 714. The van der Waals surface area contributed by atoms with E-state index in [0.717, 1.165) is 24.4 Å². The van der Waals surface area contributed by atoms with E-state index in [4.69, 9.17) is 4.98 Å². The molecule has 22 heavy (non-hydrogen) atoms. The molecule has 1 aromatic heterocycles. The zero-order chi connectivity index (χ0) is 15.4. The molecular formula is C20H22N2. The highest BCUT2D eigenvalue weighted by Gasteiger charge is 2.16. The van der Waals surface area contributed by atoms with Crippen LogP contribution in [0.15, 0.2) is 60.7 Å². The Balaban J connectivity index is 1.98. The van der Waals surface area contributed by atoms with Gasteiger partial charge in [-0.2, -0.15) is 0 Å². The molecule has 112 valence electrons. The van der Waals surface area contributed by atoms with Gasteiger partial charge in [-0.15, -0.1) is 0 Å². The second-order valence-corrected chi connectivity index (χ2v) is 5.78. The van der Waals surface area contributed by atoms with Crippen molar-refractivity contribution in [3.05, 3.63) is 77.7 Å². The fourth-order valence-corrected chi connectivity index (χ4v) is 2.69. The SMILES string of the molecule is CCC(C)c1[nH]c(Cc2ccccc2)nc1-c1ccccc1. The quantitative estimate of drug-likeness (QED) is 0.689. The fraction of sp³-hybridized carbons (Fsp3) is 0.250. The van der Waals surface area contributed by atoms with Gasteiger partial charge in [-0.05, 0) is 17.9 Å². The molecule has 1 heterocycles. The normalized spacial score (nSPS) is 12.3. The second kappa shape index (κ2) is 6.61. The summed E-state index contributed by atoms with van der Waals surface area (Å²) in [4.78, 5) is 8.46. The van der Waals surface area contributed by atoms with Gasteiger partial charge < -0.3 is 4.98 Å². The topological polar surface area (TPSA) is 28.7 Å². The summed E-state index contributed by atoms with van der Waals surface area (Å²) < 4.78 is 0. The highest BCUT2D eigenvalue weighted by Crippen LogP contribution is 2.29. The molecule has 0 aliphatic heterocycles. The van der Waals surface area contributed by atoms with Gasteiger partial charge >= 0.3 is 0 Å². The summed E-state index contributed by atoms with van der Waals surface area (Å²) >= 11 is 0. The van der Waals surface area contributed by atoms with Gasteiger partial charge in [0.25, 0.3) is 0 Å². The average Bonchev–Trinajstić information content (AvgIpc) is 3.00. The highest BCUT2D eigenvalue weighted by molar-refractivity contribution is 5.62. The maximum atomic E-state index is 4.89. The Morgan fingerprint density at radius 2 is 1.59 bits per heavy atom. The number of H-pyrrole nitrogens is 1. The van der Waals surface area contributed by atoms with Crippen LogP contribution in [0.25, 0.3) is 11.3 Å². The molecule has 0 radical (unpaired) electrons. The largest absolute Gasteiger partial charge is 0.345 e. The second-order valence-electron chi connectivity index (χ2n) is 5.78. The maximum absolute atomic E-state index is 4.89. The zero-order valence-corrected chi connectivity index (χ0v) is 13.2. The van der Waals surface area contributed by atoms with Crippen molar-refractivity contribution in [3.8, 4) is 11.3 Å². The van der Waals surface area contributed by atoms with Crippen molar-refractivity contribution in [1.29, 1.82) is 0 Å². The van der Waals surface area contributed by atoms with Crippen molar-refractivity contribution < 1.29 is 0 Å². The predicted octanol–water partition coefficient (Wildman–Crippen LogP) is 5.18. The minimum Gasteiger partial charge on any atom is -0.345 e. The molecule has 0 spiro atoms. The molecule has 1 N–H and O–H groups in total. The van der Waals surface area contributed by atoms with E-state index in [1.807, 2.05) is 12.1 Å². The van der Waals surface area contributed by atoms with E-state index in [9.17, 15) is 0 Å². The summed E-state index contributed by atoms with van der Waals surface area (Å²) in [7, 11) is 0. The summed E-state index contributed by atoms with van der Waals surface area (Å²) in [5, 5.41) is 0. The van der Waals surface area contributed by atoms with Crippen LogP contribution < -0.4 is 0 Å². The van der Waals surface area contributed by atoms with Crippen LogP contribution in [-0.2, 0) is 6.42 Å². The number of imidazole rings is 1. The van der Waals surface area contributed by atoms with Crippen molar-refractivity contribution in [3.63, 3.8) is 0 Å². The van der Waals surface area contributed by atoms with Crippen LogP contribution in [0.5, 0.6) is 0 Å². The van der Waals surface area contributed by atoms with Crippen LogP contribution in [0.1, 0.15) is 43.3 Å². The number of nitrogens with zero attached hydrogens (tertiary/aromatic N) is 1. The van der Waals surface area contributed by atoms with Gasteiger partial charge in [0.2, 0.25) is 0 Å².